The Balaban J connectivity index is 2.42. The second-order valence-electron chi connectivity index (χ2n) is 4.37. The molecule has 5 nitrogen and oxygen atoms in total. The van der Waals surface area contributed by atoms with E-state index < -0.39 is 10.0 Å². The van der Waals surface area contributed by atoms with Crippen molar-refractivity contribution in [2.75, 3.05) is 17.1 Å². The molecule has 0 fully saturated rings. The highest BCUT2D eigenvalue weighted by molar-refractivity contribution is 9.10. The number of nitrogens with one attached hydrogen (secondary N) is 2. The molecule has 112 valence electrons. The molecule has 0 saturated heterocycles. The fourth-order valence-corrected chi connectivity index (χ4v) is 3.60. The second kappa shape index (κ2) is 6.44. The zero-order valence-corrected chi connectivity index (χ0v) is 14.1. The summed E-state index contributed by atoms with van der Waals surface area (Å²) in [4.78, 5) is 3.97. The number of hydrogen-bond acceptors (Lipinski definition) is 4. The van der Waals surface area contributed by atoms with Crippen molar-refractivity contribution in [3.63, 3.8) is 0 Å². The average Bonchev–Trinajstić information content (AvgIpc) is 2.48. The molecule has 1 aromatic carbocycles. The normalized spacial score (nSPS) is 11.2. The highest BCUT2D eigenvalue weighted by Gasteiger charge is 2.20. The standard InChI is InChI=1S/C14H16BrN3O2S/c1-3-10-9-11(15)6-7-12(10)18-21(19,20)14-13(16-2)5-4-8-17-14/h4-9,16,18H,3H2,1-2H3. The predicted molar refractivity (Wildman–Crippen MR) is 88.1 cm³/mol. The van der Waals surface area contributed by atoms with Crippen LogP contribution in [0.1, 0.15) is 12.5 Å². The van der Waals surface area contributed by atoms with Crippen LogP contribution in [0.15, 0.2) is 46.0 Å². The van der Waals surface area contributed by atoms with Crippen LogP contribution >= 0.6 is 15.9 Å². The van der Waals surface area contributed by atoms with Gasteiger partial charge in [-0.2, -0.15) is 8.42 Å². The Bertz CT molecular complexity index is 748. The van der Waals surface area contributed by atoms with E-state index in [1.807, 2.05) is 13.0 Å². The van der Waals surface area contributed by atoms with Crippen molar-refractivity contribution in [2.24, 2.45) is 0 Å². The van der Waals surface area contributed by atoms with E-state index in [-0.39, 0.29) is 5.03 Å². The molecule has 0 aliphatic rings. The first-order chi connectivity index (χ1) is 9.97. The van der Waals surface area contributed by atoms with Crippen LogP contribution in [0.5, 0.6) is 0 Å². The Morgan fingerprint density at radius 2 is 2.00 bits per heavy atom. The number of pyridine rings is 1. The van der Waals surface area contributed by atoms with E-state index in [9.17, 15) is 8.42 Å². The van der Waals surface area contributed by atoms with E-state index in [4.69, 9.17) is 0 Å². The van der Waals surface area contributed by atoms with Crippen LogP contribution in [-0.4, -0.2) is 20.4 Å². The summed E-state index contributed by atoms with van der Waals surface area (Å²) in [5, 5.41) is 2.82. The summed E-state index contributed by atoms with van der Waals surface area (Å²) in [6.07, 6.45) is 2.18. The van der Waals surface area contributed by atoms with Crippen LogP contribution in [0.2, 0.25) is 0 Å². The molecule has 7 heteroatoms. The van der Waals surface area contributed by atoms with Gasteiger partial charge in [-0.25, -0.2) is 4.98 Å². The van der Waals surface area contributed by atoms with E-state index in [1.165, 1.54) is 6.20 Å². The lowest BCUT2D eigenvalue weighted by molar-refractivity contribution is 0.598. The Morgan fingerprint density at radius 3 is 2.67 bits per heavy atom. The molecule has 21 heavy (non-hydrogen) atoms. The lowest BCUT2D eigenvalue weighted by atomic mass is 10.1. The first kappa shape index (κ1) is 15.8. The van der Waals surface area contributed by atoms with Gasteiger partial charge in [0.1, 0.15) is 0 Å². The van der Waals surface area contributed by atoms with E-state index in [0.717, 1.165) is 16.5 Å². The van der Waals surface area contributed by atoms with Gasteiger partial charge in [0.25, 0.3) is 10.0 Å². The van der Waals surface area contributed by atoms with E-state index in [1.54, 1.807) is 31.3 Å². The van der Waals surface area contributed by atoms with Gasteiger partial charge in [-0.15, -0.1) is 0 Å². The highest BCUT2D eigenvalue weighted by atomic mass is 79.9. The minimum absolute atomic E-state index is 0.0162. The monoisotopic (exact) mass is 369 g/mol. The summed E-state index contributed by atoms with van der Waals surface area (Å²) in [6, 6.07) is 8.79. The molecule has 2 aromatic rings. The average molecular weight is 370 g/mol. The molecule has 2 rings (SSSR count). The molecule has 0 amide bonds. The summed E-state index contributed by atoms with van der Waals surface area (Å²) in [7, 11) is -2.08. The van der Waals surface area contributed by atoms with Gasteiger partial charge in [-0.05, 0) is 42.3 Å². The minimum Gasteiger partial charge on any atom is -0.386 e. The predicted octanol–water partition coefficient (Wildman–Crippen LogP) is 3.25. The van der Waals surface area contributed by atoms with Gasteiger partial charge in [0, 0.05) is 17.7 Å². The summed E-state index contributed by atoms with van der Waals surface area (Å²) in [6.45, 7) is 1.97. The Morgan fingerprint density at radius 1 is 1.24 bits per heavy atom. The number of aryl methyl sites for hydroxylation is 1. The third kappa shape index (κ3) is 3.54. The van der Waals surface area contributed by atoms with Crippen LogP contribution in [0.25, 0.3) is 0 Å². The van der Waals surface area contributed by atoms with Crippen molar-refractivity contribution in [3.8, 4) is 0 Å². The summed E-state index contributed by atoms with van der Waals surface area (Å²) >= 11 is 3.38. The SMILES string of the molecule is CCc1cc(Br)ccc1NS(=O)(=O)c1ncccc1NC. The molecular formula is C14H16BrN3O2S. The molecule has 1 heterocycles. The maximum Gasteiger partial charge on any atom is 0.281 e. The molecule has 0 spiro atoms. The van der Waals surface area contributed by atoms with Crippen LogP contribution in [0.4, 0.5) is 11.4 Å². The largest absolute Gasteiger partial charge is 0.386 e. The van der Waals surface area contributed by atoms with Crippen LogP contribution in [0, 0.1) is 0 Å². The molecular weight excluding hydrogens is 354 g/mol. The van der Waals surface area contributed by atoms with Gasteiger partial charge < -0.3 is 5.32 Å². The summed E-state index contributed by atoms with van der Waals surface area (Å²) in [5.74, 6) is 0. The van der Waals surface area contributed by atoms with Crippen LogP contribution < -0.4 is 10.0 Å². The molecule has 0 atom stereocenters. The number of rotatable bonds is 5. The van der Waals surface area contributed by atoms with Crippen molar-refractivity contribution in [1.29, 1.82) is 0 Å². The molecule has 0 saturated carbocycles. The van der Waals surface area contributed by atoms with Gasteiger partial charge in [-0.3, -0.25) is 4.72 Å². The first-order valence-corrected chi connectivity index (χ1v) is 8.69. The summed E-state index contributed by atoms with van der Waals surface area (Å²) < 4.78 is 28.5. The number of aromatic nitrogens is 1. The lowest BCUT2D eigenvalue weighted by Crippen LogP contribution is -2.17. The maximum absolute atomic E-state index is 12.5. The third-order valence-corrected chi connectivity index (χ3v) is 4.80. The number of sulfonamides is 1. The molecule has 2 N–H and O–H groups in total. The molecule has 0 aliphatic heterocycles. The van der Waals surface area contributed by atoms with Gasteiger partial charge >= 0.3 is 0 Å². The first-order valence-electron chi connectivity index (χ1n) is 6.42. The maximum atomic E-state index is 12.5. The topological polar surface area (TPSA) is 71.1 Å². The lowest BCUT2D eigenvalue weighted by Gasteiger charge is -2.13. The van der Waals surface area contributed by atoms with Gasteiger partial charge in [0.05, 0.1) is 11.4 Å². The Hall–Kier alpha value is -1.60. The number of halogens is 1. The quantitative estimate of drug-likeness (QED) is 0.848. The van der Waals surface area contributed by atoms with Crippen molar-refractivity contribution < 1.29 is 8.42 Å². The van der Waals surface area contributed by atoms with Gasteiger partial charge in [0.2, 0.25) is 0 Å². The molecule has 0 bridgehead atoms. The smallest absolute Gasteiger partial charge is 0.281 e. The Kier molecular flexibility index (Phi) is 4.84. The van der Waals surface area contributed by atoms with E-state index in [0.29, 0.717) is 11.4 Å². The molecule has 0 aliphatic carbocycles. The number of nitrogens with zero attached hydrogens (tertiary/aromatic N) is 1. The zero-order valence-electron chi connectivity index (χ0n) is 11.7. The number of benzene rings is 1. The van der Waals surface area contributed by atoms with Crippen molar-refractivity contribution >= 4 is 37.3 Å². The van der Waals surface area contributed by atoms with Crippen molar-refractivity contribution in [1.82, 2.24) is 4.98 Å². The molecule has 0 radical (unpaired) electrons. The fourth-order valence-electron chi connectivity index (χ4n) is 1.94. The second-order valence-corrected chi connectivity index (χ2v) is 6.88. The Labute approximate surface area is 133 Å². The molecule has 1 aromatic heterocycles. The van der Waals surface area contributed by atoms with E-state index >= 15 is 0 Å². The minimum atomic E-state index is -3.74. The molecule has 0 unspecified atom stereocenters. The van der Waals surface area contributed by atoms with E-state index in [2.05, 4.69) is 31.0 Å². The fraction of sp³-hybridized carbons (Fsp3) is 0.214. The highest BCUT2D eigenvalue weighted by Crippen LogP contribution is 2.25. The summed E-state index contributed by atoms with van der Waals surface area (Å²) in [5.41, 5.74) is 1.93. The van der Waals surface area contributed by atoms with Gasteiger partial charge in [-0.1, -0.05) is 22.9 Å². The van der Waals surface area contributed by atoms with Crippen molar-refractivity contribution in [3.05, 3.63) is 46.6 Å². The van der Waals surface area contributed by atoms with Crippen LogP contribution in [-0.2, 0) is 16.4 Å². The zero-order chi connectivity index (χ0) is 15.5. The van der Waals surface area contributed by atoms with Crippen LogP contribution in [0.3, 0.4) is 0 Å². The third-order valence-electron chi connectivity index (χ3n) is 2.99. The van der Waals surface area contributed by atoms with Crippen molar-refractivity contribution in [2.45, 2.75) is 18.4 Å². The number of anilines is 2. The number of hydrogen-bond donors (Lipinski definition) is 2. The van der Waals surface area contributed by atoms with Gasteiger partial charge in [0.15, 0.2) is 5.03 Å².